The first kappa shape index (κ1) is 23.7. The van der Waals surface area contributed by atoms with Crippen LogP contribution in [0.5, 0.6) is 0 Å². The summed E-state index contributed by atoms with van der Waals surface area (Å²) in [4.78, 5) is 28.3. The number of benzene rings is 4. The van der Waals surface area contributed by atoms with Gasteiger partial charge in [-0.05, 0) is 54.3 Å². The molecule has 0 saturated heterocycles. The summed E-state index contributed by atoms with van der Waals surface area (Å²) >= 11 is 0. The standard InChI is InChI=1S/C30H25NO4S/c32-29-25-13-7-8-14-27(25)36(34,35)28-21-24(15-16-26(28)29)30(33)31(19-17-22-9-3-1-4-10-22)20-18-23-11-5-2-6-12-23/h1-16,21H,17-20H2. The minimum atomic E-state index is -3.92. The molecular weight excluding hydrogens is 470 g/mol. The molecule has 0 atom stereocenters. The molecule has 0 aliphatic carbocycles. The summed E-state index contributed by atoms with van der Waals surface area (Å²) in [6, 6.07) is 30.4. The van der Waals surface area contributed by atoms with E-state index < -0.39 is 9.84 Å². The molecule has 4 aromatic carbocycles. The van der Waals surface area contributed by atoms with Crippen molar-refractivity contribution in [3.8, 4) is 0 Å². The Hall–Kier alpha value is -4.03. The van der Waals surface area contributed by atoms with Crippen LogP contribution in [0, 0.1) is 0 Å². The summed E-state index contributed by atoms with van der Waals surface area (Å²) in [5, 5.41) is 0. The van der Waals surface area contributed by atoms with Crippen LogP contribution >= 0.6 is 0 Å². The Balaban J connectivity index is 1.46. The van der Waals surface area contributed by atoms with E-state index in [0.717, 1.165) is 11.1 Å². The first-order chi connectivity index (χ1) is 17.4. The molecule has 0 saturated carbocycles. The maximum atomic E-state index is 13.7. The average molecular weight is 496 g/mol. The van der Waals surface area contributed by atoms with Crippen molar-refractivity contribution in [3.05, 3.63) is 131 Å². The minimum Gasteiger partial charge on any atom is -0.338 e. The van der Waals surface area contributed by atoms with E-state index in [0.29, 0.717) is 25.9 Å². The van der Waals surface area contributed by atoms with Crippen LogP contribution in [0.25, 0.3) is 0 Å². The van der Waals surface area contributed by atoms with Gasteiger partial charge in [-0.25, -0.2) is 8.42 Å². The molecule has 0 radical (unpaired) electrons. The third-order valence-corrected chi connectivity index (χ3v) is 8.35. The molecule has 0 fully saturated rings. The van der Waals surface area contributed by atoms with Crippen LogP contribution in [-0.4, -0.2) is 38.1 Å². The van der Waals surface area contributed by atoms with E-state index in [9.17, 15) is 18.0 Å². The highest BCUT2D eigenvalue weighted by atomic mass is 32.2. The number of amides is 1. The van der Waals surface area contributed by atoms with Gasteiger partial charge in [0.25, 0.3) is 5.91 Å². The quantitative estimate of drug-likeness (QED) is 0.319. The topological polar surface area (TPSA) is 71.5 Å². The predicted octanol–water partition coefficient (Wildman–Crippen LogP) is 4.99. The number of fused-ring (bicyclic) bond motifs is 2. The number of sulfone groups is 1. The molecule has 5 nitrogen and oxygen atoms in total. The van der Waals surface area contributed by atoms with Gasteiger partial charge in [0.2, 0.25) is 9.84 Å². The lowest BCUT2D eigenvalue weighted by molar-refractivity contribution is 0.0758. The monoisotopic (exact) mass is 495 g/mol. The van der Waals surface area contributed by atoms with E-state index in [1.54, 1.807) is 23.1 Å². The van der Waals surface area contributed by atoms with E-state index in [1.807, 2.05) is 60.7 Å². The van der Waals surface area contributed by atoms with Gasteiger partial charge >= 0.3 is 0 Å². The van der Waals surface area contributed by atoms with Gasteiger partial charge in [0, 0.05) is 29.8 Å². The first-order valence-electron chi connectivity index (χ1n) is 11.8. The second-order valence-corrected chi connectivity index (χ2v) is 10.7. The Bertz CT molecular complexity index is 1490. The number of hydrogen-bond acceptors (Lipinski definition) is 4. The fourth-order valence-corrected chi connectivity index (χ4v) is 6.21. The average Bonchev–Trinajstić information content (AvgIpc) is 2.92. The molecule has 1 heterocycles. The second kappa shape index (κ2) is 9.91. The molecule has 0 aromatic heterocycles. The molecule has 0 unspecified atom stereocenters. The highest BCUT2D eigenvalue weighted by molar-refractivity contribution is 7.91. The Kier molecular flexibility index (Phi) is 6.53. The van der Waals surface area contributed by atoms with Crippen LogP contribution in [0.4, 0.5) is 0 Å². The van der Waals surface area contributed by atoms with E-state index in [1.165, 1.54) is 24.3 Å². The Morgan fingerprint density at radius 1 is 0.639 bits per heavy atom. The lowest BCUT2D eigenvalue weighted by atomic mass is 10.0. The summed E-state index contributed by atoms with van der Waals surface area (Å²) in [5.74, 6) is -0.606. The molecule has 5 rings (SSSR count). The number of ketones is 1. The number of nitrogens with zero attached hydrogens (tertiary/aromatic N) is 1. The van der Waals surface area contributed by atoms with Crippen molar-refractivity contribution in [3.63, 3.8) is 0 Å². The van der Waals surface area contributed by atoms with Crippen LogP contribution in [-0.2, 0) is 22.7 Å². The zero-order chi connectivity index (χ0) is 25.1. The van der Waals surface area contributed by atoms with Crippen molar-refractivity contribution in [2.24, 2.45) is 0 Å². The van der Waals surface area contributed by atoms with Crippen LogP contribution in [0.15, 0.2) is 113 Å². The maximum Gasteiger partial charge on any atom is 0.253 e. The molecule has 4 aromatic rings. The highest BCUT2D eigenvalue weighted by Gasteiger charge is 2.35. The summed E-state index contributed by atoms with van der Waals surface area (Å²) in [5.41, 5.74) is 2.75. The van der Waals surface area contributed by atoms with Gasteiger partial charge in [0.15, 0.2) is 5.78 Å². The zero-order valence-corrected chi connectivity index (χ0v) is 20.4. The molecule has 0 spiro atoms. The molecule has 1 amide bonds. The maximum absolute atomic E-state index is 13.7. The minimum absolute atomic E-state index is 0.0166. The summed E-state index contributed by atoms with van der Waals surface area (Å²) < 4.78 is 26.7. The Labute approximate surface area is 210 Å². The second-order valence-electron chi connectivity index (χ2n) is 8.80. The van der Waals surface area contributed by atoms with Gasteiger partial charge in [-0.3, -0.25) is 9.59 Å². The van der Waals surface area contributed by atoms with E-state index >= 15 is 0 Å². The largest absolute Gasteiger partial charge is 0.338 e. The number of carbonyl (C=O) groups excluding carboxylic acids is 2. The molecule has 0 bridgehead atoms. The Morgan fingerprint density at radius 3 is 1.78 bits per heavy atom. The van der Waals surface area contributed by atoms with E-state index in [2.05, 4.69) is 0 Å². The number of carbonyl (C=O) groups is 2. The summed E-state index contributed by atoms with van der Waals surface area (Å²) in [6.07, 6.45) is 1.35. The summed E-state index contributed by atoms with van der Waals surface area (Å²) in [7, 11) is -3.92. The fraction of sp³-hybridized carbons (Fsp3) is 0.133. The lowest BCUT2D eigenvalue weighted by Crippen LogP contribution is -2.35. The third-order valence-electron chi connectivity index (χ3n) is 6.50. The van der Waals surface area contributed by atoms with Crippen molar-refractivity contribution >= 4 is 21.5 Å². The van der Waals surface area contributed by atoms with Gasteiger partial charge in [0.05, 0.1) is 9.79 Å². The highest BCUT2D eigenvalue weighted by Crippen LogP contribution is 2.35. The molecule has 180 valence electrons. The number of hydrogen-bond donors (Lipinski definition) is 0. The smallest absolute Gasteiger partial charge is 0.253 e. The summed E-state index contributed by atoms with van der Waals surface area (Å²) in [6.45, 7) is 0.975. The van der Waals surface area contributed by atoms with Crippen molar-refractivity contribution in [1.29, 1.82) is 0 Å². The molecule has 1 aliphatic rings. The molecule has 6 heteroatoms. The fourth-order valence-electron chi connectivity index (χ4n) is 4.53. The molecule has 0 N–H and O–H groups in total. The molecule has 36 heavy (non-hydrogen) atoms. The van der Waals surface area contributed by atoms with Crippen LogP contribution < -0.4 is 0 Å². The number of rotatable bonds is 7. The molecular formula is C30H25NO4S. The Morgan fingerprint density at radius 2 is 1.17 bits per heavy atom. The van der Waals surface area contributed by atoms with Crippen molar-refractivity contribution < 1.29 is 18.0 Å². The van der Waals surface area contributed by atoms with Crippen molar-refractivity contribution in [2.75, 3.05) is 13.1 Å². The lowest BCUT2D eigenvalue weighted by Gasteiger charge is -2.24. The van der Waals surface area contributed by atoms with Crippen LogP contribution in [0.1, 0.15) is 37.4 Å². The third kappa shape index (κ3) is 4.60. The van der Waals surface area contributed by atoms with Crippen LogP contribution in [0.2, 0.25) is 0 Å². The predicted molar refractivity (Wildman–Crippen MR) is 138 cm³/mol. The SMILES string of the molecule is O=C1c2ccccc2S(=O)(=O)c2cc(C(=O)N(CCc3ccccc3)CCc3ccccc3)ccc21. The van der Waals surface area contributed by atoms with Gasteiger partial charge in [0.1, 0.15) is 0 Å². The zero-order valence-electron chi connectivity index (χ0n) is 19.6. The van der Waals surface area contributed by atoms with E-state index in [4.69, 9.17) is 0 Å². The van der Waals surface area contributed by atoms with Crippen LogP contribution in [0.3, 0.4) is 0 Å². The van der Waals surface area contributed by atoms with E-state index in [-0.39, 0.29) is 38.2 Å². The van der Waals surface area contributed by atoms with Crippen molar-refractivity contribution in [2.45, 2.75) is 22.6 Å². The van der Waals surface area contributed by atoms with Gasteiger partial charge < -0.3 is 4.90 Å². The van der Waals surface area contributed by atoms with Gasteiger partial charge in [-0.15, -0.1) is 0 Å². The van der Waals surface area contributed by atoms with Gasteiger partial charge in [-0.1, -0.05) is 72.8 Å². The van der Waals surface area contributed by atoms with Gasteiger partial charge in [-0.2, -0.15) is 0 Å². The normalized spacial score (nSPS) is 13.5. The first-order valence-corrected chi connectivity index (χ1v) is 13.3. The molecule has 1 aliphatic heterocycles. The van der Waals surface area contributed by atoms with Crippen molar-refractivity contribution in [1.82, 2.24) is 4.90 Å².